The lowest BCUT2D eigenvalue weighted by Crippen LogP contribution is -2.34. The molecule has 7 heteroatoms. The van der Waals surface area contributed by atoms with Gasteiger partial charge in [0, 0.05) is 11.6 Å². The van der Waals surface area contributed by atoms with Gasteiger partial charge in [-0.3, -0.25) is 9.48 Å². The van der Waals surface area contributed by atoms with Crippen molar-refractivity contribution in [3.63, 3.8) is 0 Å². The van der Waals surface area contributed by atoms with Crippen molar-refractivity contribution < 1.29 is 14.7 Å². The Morgan fingerprint density at radius 2 is 2.00 bits per heavy atom. The van der Waals surface area contributed by atoms with Gasteiger partial charge >= 0.3 is 5.97 Å². The Kier molecular flexibility index (Phi) is 4.34. The number of nitrogens with zero attached hydrogens (tertiary/aromatic N) is 2. The van der Waals surface area contributed by atoms with E-state index in [1.165, 1.54) is 6.20 Å². The fraction of sp³-hybridized carbons (Fsp3) is 0.312. The number of aryl methyl sites for hydroxylation is 1. The van der Waals surface area contributed by atoms with Crippen molar-refractivity contribution in [2.75, 3.05) is 0 Å². The molecule has 3 rings (SSSR count). The van der Waals surface area contributed by atoms with Crippen LogP contribution in [0.4, 0.5) is 0 Å². The third-order valence-corrected chi connectivity index (χ3v) is 4.20. The quantitative estimate of drug-likeness (QED) is 0.900. The third kappa shape index (κ3) is 3.22. The highest BCUT2D eigenvalue weighted by atomic mass is 35.5. The molecule has 0 saturated carbocycles. The van der Waals surface area contributed by atoms with E-state index in [0.29, 0.717) is 16.1 Å². The third-order valence-electron chi connectivity index (χ3n) is 3.95. The number of fused-ring (bicyclic) bond motifs is 1. The summed E-state index contributed by atoms with van der Waals surface area (Å²) >= 11 is 5.82. The van der Waals surface area contributed by atoms with E-state index >= 15 is 0 Å². The van der Waals surface area contributed by atoms with Crippen molar-refractivity contribution in [1.82, 2.24) is 15.1 Å². The Morgan fingerprint density at radius 1 is 1.26 bits per heavy atom. The second-order valence-electron chi connectivity index (χ2n) is 5.48. The number of hydrogen-bond donors (Lipinski definition) is 2. The molecule has 0 aliphatic carbocycles. The van der Waals surface area contributed by atoms with E-state index in [1.54, 1.807) is 24.3 Å². The first kappa shape index (κ1) is 15.6. The number of aromatic nitrogens is 2. The molecule has 2 N–H and O–H groups in total. The van der Waals surface area contributed by atoms with Crippen LogP contribution >= 0.6 is 11.6 Å². The van der Waals surface area contributed by atoms with Crippen LogP contribution in [0.1, 0.15) is 40.5 Å². The second kappa shape index (κ2) is 6.42. The highest BCUT2D eigenvalue weighted by Crippen LogP contribution is 2.21. The van der Waals surface area contributed by atoms with Gasteiger partial charge in [-0.15, -0.1) is 0 Å². The number of amides is 1. The number of aliphatic carboxylic acids is 1. The second-order valence-corrected chi connectivity index (χ2v) is 5.92. The average molecular weight is 334 g/mol. The summed E-state index contributed by atoms with van der Waals surface area (Å²) in [5.41, 5.74) is 1.79. The molecule has 23 heavy (non-hydrogen) atoms. The molecule has 2 heterocycles. The van der Waals surface area contributed by atoms with Gasteiger partial charge in [0.05, 0.1) is 17.5 Å². The zero-order valence-electron chi connectivity index (χ0n) is 12.3. The van der Waals surface area contributed by atoms with Gasteiger partial charge in [0.1, 0.15) is 0 Å². The van der Waals surface area contributed by atoms with E-state index in [0.717, 1.165) is 31.5 Å². The summed E-state index contributed by atoms with van der Waals surface area (Å²) in [6, 6.07) is 5.25. The first-order valence-corrected chi connectivity index (χ1v) is 7.78. The van der Waals surface area contributed by atoms with Gasteiger partial charge in [0.2, 0.25) is 0 Å². The van der Waals surface area contributed by atoms with E-state index in [4.69, 9.17) is 11.6 Å². The summed E-state index contributed by atoms with van der Waals surface area (Å²) in [6.07, 6.45) is 4.34. The monoisotopic (exact) mass is 333 g/mol. The number of carboxylic acids is 1. The lowest BCUT2D eigenvalue weighted by atomic mass is 10.0. The Labute approximate surface area is 138 Å². The first-order chi connectivity index (χ1) is 11.1. The predicted octanol–water partition coefficient (Wildman–Crippen LogP) is 2.43. The number of hydrogen-bond acceptors (Lipinski definition) is 3. The summed E-state index contributed by atoms with van der Waals surface area (Å²) in [5.74, 6) is -1.54. The standard InChI is InChI=1S/C16H16ClN3O3/c17-11-6-4-10(5-7-11)14(16(22)23)19-15(21)12-9-18-20-8-2-1-3-13(12)20/h4-7,9,14H,1-3,8H2,(H,19,21)(H,22,23). The summed E-state index contributed by atoms with van der Waals surface area (Å²) in [6.45, 7) is 0.794. The van der Waals surface area contributed by atoms with Crippen LogP contribution in [-0.2, 0) is 17.8 Å². The molecule has 1 aliphatic heterocycles. The van der Waals surface area contributed by atoms with E-state index in [9.17, 15) is 14.7 Å². The number of halogens is 1. The fourth-order valence-electron chi connectivity index (χ4n) is 2.76. The van der Waals surface area contributed by atoms with Crippen molar-refractivity contribution in [2.45, 2.75) is 31.8 Å². The molecule has 0 bridgehead atoms. The minimum atomic E-state index is -1.13. The maximum absolute atomic E-state index is 12.5. The fourth-order valence-corrected chi connectivity index (χ4v) is 2.89. The molecule has 0 fully saturated rings. The molecule has 1 aromatic carbocycles. The number of benzene rings is 1. The van der Waals surface area contributed by atoms with Crippen LogP contribution in [0.2, 0.25) is 5.02 Å². The first-order valence-electron chi connectivity index (χ1n) is 7.40. The van der Waals surface area contributed by atoms with Gasteiger partial charge in [-0.2, -0.15) is 5.10 Å². The van der Waals surface area contributed by atoms with Crippen molar-refractivity contribution in [1.29, 1.82) is 0 Å². The zero-order chi connectivity index (χ0) is 16.4. The molecule has 2 aromatic rings. The zero-order valence-corrected chi connectivity index (χ0v) is 13.1. The molecule has 6 nitrogen and oxygen atoms in total. The van der Waals surface area contributed by atoms with Crippen LogP contribution in [0.3, 0.4) is 0 Å². The van der Waals surface area contributed by atoms with Crippen LogP contribution in [0, 0.1) is 0 Å². The van der Waals surface area contributed by atoms with Crippen LogP contribution in [-0.4, -0.2) is 26.8 Å². The van der Waals surface area contributed by atoms with Crippen molar-refractivity contribution in [3.05, 3.63) is 52.3 Å². The van der Waals surface area contributed by atoms with Gasteiger partial charge in [-0.1, -0.05) is 23.7 Å². The van der Waals surface area contributed by atoms with Gasteiger partial charge in [0.25, 0.3) is 5.91 Å². The molecule has 120 valence electrons. The largest absolute Gasteiger partial charge is 0.479 e. The summed E-state index contributed by atoms with van der Waals surface area (Å²) in [4.78, 5) is 24.0. The summed E-state index contributed by atoms with van der Waals surface area (Å²) < 4.78 is 1.82. The smallest absolute Gasteiger partial charge is 0.330 e. The maximum Gasteiger partial charge on any atom is 0.330 e. The lowest BCUT2D eigenvalue weighted by Gasteiger charge is -2.17. The van der Waals surface area contributed by atoms with Crippen molar-refractivity contribution >= 4 is 23.5 Å². The number of rotatable bonds is 4. The van der Waals surface area contributed by atoms with Crippen LogP contribution in [0.5, 0.6) is 0 Å². The van der Waals surface area contributed by atoms with Gasteiger partial charge in [-0.25, -0.2) is 4.79 Å². The van der Waals surface area contributed by atoms with Crippen molar-refractivity contribution in [2.24, 2.45) is 0 Å². The molecule has 1 aromatic heterocycles. The topological polar surface area (TPSA) is 84.2 Å². The minimum Gasteiger partial charge on any atom is -0.479 e. The van der Waals surface area contributed by atoms with E-state index in [-0.39, 0.29) is 0 Å². The SMILES string of the molecule is O=C(NC(C(=O)O)c1ccc(Cl)cc1)c1cnn2c1CCCC2. The van der Waals surface area contributed by atoms with Crippen molar-refractivity contribution in [3.8, 4) is 0 Å². The maximum atomic E-state index is 12.5. The molecule has 0 spiro atoms. The van der Waals surface area contributed by atoms with Gasteiger partial charge < -0.3 is 10.4 Å². The van der Waals surface area contributed by atoms with Crippen LogP contribution in [0.25, 0.3) is 0 Å². The van der Waals surface area contributed by atoms with E-state index < -0.39 is 17.9 Å². The molecule has 1 amide bonds. The molecule has 1 unspecified atom stereocenters. The number of nitrogens with one attached hydrogen (secondary N) is 1. The molecule has 0 saturated heterocycles. The number of carbonyl (C=O) groups is 2. The average Bonchev–Trinajstić information content (AvgIpc) is 2.97. The van der Waals surface area contributed by atoms with Gasteiger partial charge in [-0.05, 0) is 37.0 Å². The molecule has 1 atom stereocenters. The number of carboxylic acid groups (broad SMARTS) is 1. The minimum absolute atomic E-state index is 0.421. The Hall–Kier alpha value is -2.34. The van der Waals surface area contributed by atoms with E-state index in [1.807, 2.05) is 4.68 Å². The lowest BCUT2D eigenvalue weighted by molar-refractivity contribution is -0.139. The van der Waals surface area contributed by atoms with Gasteiger partial charge in [0.15, 0.2) is 6.04 Å². The molecule has 1 aliphatic rings. The Balaban J connectivity index is 1.83. The summed E-state index contributed by atoms with van der Waals surface area (Å²) in [7, 11) is 0. The van der Waals surface area contributed by atoms with E-state index in [2.05, 4.69) is 10.4 Å². The molecule has 0 radical (unpaired) electrons. The predicted molar refractivity (Wildman–Crippen MR) is 84.5 cm³/mol. The molecular formula is C16H16ClN3O3. The normalized spacial score (nSPS) is 14.8. The van der Waals surface area contributed by atoms with Crippen LogP contribution in [0.15, 0.2) is 30.5 Å². The highest BCUT2D eigenvalue weighted by Gasteiger charge is 2.26. The Morgan fingerprint density at radius 3 is 2.70 bits per heavy atom. The van der Waals surface area contributed by atoms with Crippen LogP contribution < -0.4 is 5.32 Å². The Bertz CT molecular complexity index is 740. The summed E-state index contributed by atoms with van der Waals surface area (Å²) in [5, 5.41) is 16.7. The highest BCUT2D eigenvalue weighted by molar-refractivity contribution is 6.30. The number of carbonyl (C=O) groups excluding carboxylic acids is 1. The molecular weight excluding hydrogens is 318 g/mol.